The van der Waals surface area contributed by atoms with E-state index < -0.39 is 0 Å². The van der Waals surface area contributed by atoms with Gasteiger partial charge in [-0.1, -0.05) is 69.2 Å². The van der Waals surface area contributed by atoms with Gasteiger partial charge in [0.15, 0.2) is 5.82 Å². The Morgan fingerprint density at radius 1 is 0.939 bits per heavy atom. The van der Waals surface area contributed by atoms with Crippen molar-refractivity contribution in [1.82, 2.24) is 40.0 Å². The fourth-order valence-corrected chi connectivity index (χ4v) is 3.44. The van der Waals surface area contributed by atoms with Crippen LogP contribution in [0.4, 0.5) is 0 Å². The summed E-state index contributed by atoms with van der Waals surface area (Å²) in [4.78, 5) is 3.94. The summed E-state index contributed by atoms with van der Waals surface area (Å²) in [6.45, 7) is 4.92. The molecule has 0 amide bonds. The monoisotopic (exact) mass is 460 g/mol. The van der Waals surface area contributed by atoms with Crippen LogP contribution in [0.2, 0.25) is 5.28 Å². The maximum atomic E-state index is 6.02. The van der Waals surface area contributed by atoms with Crippen LogP contribution in [0.3, 0.4) is 0 Å². The molecule has 2 aromatic carbocycles. The number of H-pyrrole nitrogens is 1. The minimum Gasteiger partial charge on any atom is -0.313 e. The molecule has 3 heterocycles. The third-order valence-corrected chi connectivity index (χ3v) is 5.45. The van der Waals surface area contributed by atoms with Crippen molar-refractivity contribution in [2.45, 2.75) is 33.2 Å². The summed E-state index contributed by atoms with van der Waals surface area (Å²) in [6, 6.07) is 20.4. The molecule has 0 bridgehead atoms. The minimum absolute atomic E-state index is 0.368. The topological polar surface area (TPSA) is 90.1 Å². The summed E-state index contributed by atoms with van der Waals surface area (Å²) in [5.41, 5.74) is 5.09. The summed E-state index contributed by atoms with van der Waals surface area (Å²) < 4.78 is 3.71. The Bertz CT molecular complexity index is 1260. The first kappa shape index (κ1) is 22.4. The Morgan fingerprint density at radius 3 is 2.30 bits per heavy atom. The zero-order valence-corrected chi connectivity index (χ0v) is 19.3. The minimum atomic E-state index is 0.368. The Balaban J connectivity index is 0.000000601. The molecular formula is C24H25ClN8. The van der Waals surface area contributed by atoms with E-state index in [0.29, 0.717) is 17.7 Å². The van der Waals surface area contributed by atoms with E-state index in [1.165, 1.54) is 19.2 Å². The largest absolute Gasteiger partial charge is 0.313 e. The highest BCUT2D eigenvalue weighted by molar-refractivity contribution is 6.28. The van der Waals surface area contributed by atoms with Gasteiger partial charge in [0.05, 0.1) is 6.54 Å². The molecule has 0 aliphatic carbocycles. The average Bonchev–Trinajstić information content (AvgIpc) is 3.62. The van der Waals surface area contributed by atoms with E-state index in [-0.39, 0.29) is 0 Å². The van der Waals surface area contributed by atoms with Crippen molar-refractivity contribution >= 4 is 11.6 Å². The fraction of sp³-hybridized carbons (Fsp3) is 0.208. The molecule has 1 N–H and O–H groups in total. The molecule has 5 aromatic rings. The van der Waals surface area contributed by atoms with Crippen molar-refractivity contribution in [2.75, 3.05) is 0 Å². The van der Waals surface area contributed by atoms with E-state index in [9.17, 15) is 0 Å². The maximum Gasteiger partial charge on any atom is 0.221 e. The van der Waals surface area contributed by atoms with Crippen LogP contribution in [-0.2, 0) is 6.54 Å². The van der Waals surface area contributed by atoms with Crippen molar-refractivity contribution in [2.24, 2.45) is 0 Å². The van der Waals surface area contributed by atoms with Crippen LogP contribution in [0, 0.1) is 0 Å². The second-order valence-electron chi connectivity index (χ2n) is 7.42. The van der Waals surface area contributed by atoms with Crippen LogP contribution in [0.1, 0.15) is 32.3 Å². The Hall–Kier alpha value is -3.78. The van der Waals surface area contributed by atoms with E-state index in [2.05, 4.69) is 67.3 Å². The molecule has 33 heavy (non-hydrogen) atoms. The van der Waals surface area contributed by atoms with Crippen LogP contribution < -0.4 is 0 Å². The van der Waals surface area contributed by atoms with Gasteiger partial charge in [-0.15, -0.1) is 5.10 Å². The lowest BCUT2D eigenvalue weighted by atomic mass is 10.1. The number of hydrogen-bond donors (Lipinski definition) is 1. The molecule has 9 heteroatoms. The number of halogens is 1. The summed E-state index contributed by atoms with van der Waals surface area (Å²) in [5, 5.41) is 19.0. The maximum absolute atomic E-state index is 6.02. The zero-order valence-electron chi connectivity index (χ0n) is 18.6. The molecule has 8 nitrogen and oxygen atoms in total. The second kappa shape index (κ2) is 10.7. The lowest BCUT2D eigenvalue weighted by Gasteiger charge is -2.11. The first-order valence-corrected chi connectivity index (χ1v) is 11.2. The van der Waals surface area contributed by atoms with E-state index in [1.807, 2.05) is 48.7 Å². The summed E-state index contributed by atoms with van der Waals surface area (Å²) in [7, 11) is 0. The van der Waals surface area contributed by atoms with E-state index in [4.69, 9.17) is 11.6 Å². The van der Waals surface area contributed by atoms with E-state index in [1.54, 1.807) is 4.68 Å². The number of rotatable bonds is 6. The van der Waals surface area contributed by atoms with Crippen LogP contribution in [0.15, 0.2) is 73.2 Å². The predicted octanol–water partition coefficient (Wildman–Crippen LogP) is 5.42. The molecule has 0 saturated carbocycles. The molecule has 0 aliphatic rings. The zero-order chi connectivity index (χ0) is 23.0. The number of aromatic amines is 1. The molecule has 3 aromatic heterocycles. The smallest absolute Gasteiger partial charge is 0.221 e. The van der Waals surface area contributed by atoms with E-state index >= 15 is 0 Å². The molecule has 5 rings (SSSR count). The van der Waals surface area contributed by atoms with Gasteiger partial charge in [0, 0.05) is 17.4 Å². The first-order chi connectivity index (χ1) is 16.2. The number of unbranched alkanes of at least 4 members (excludes halogenated alkanes) is 1. The van der Waals surface area contributed by atoms with Gasteiger partial charge in [-0.2, -0.15) is 5.10 Å². The predicted molar refractivity (Wildman–Crippen MR) is 129 cm³/mol. The quantitative estimate of drug-likeness (QED) is 0.365. The SMILES string of the molecule is CCCC.Clc1ncnn1Cc1ccc(-n2ccc(-c3ccccc3)c2-c2nnn[nH]2)cc1. The molecule has 168 valence electrons. The molecule has 0 atom stereocenters. The number of nitrogens with one attached hydrogen (secondary N) is 1. The first-order valence-electron chi connectivity index (χ1n) is 10.8. The van der Waals surface area contributed by atoms with Gasteiger partial charge in [0.1, 0.15) is 12.0 Å². The average molecular weight is 461 g/mol. The van der Waals surface area contributed by atoms with Crippen LogP contribution >= 0.6 is 11.6 Å². The lowest BCUT2D eigenvalue weighted by molar-refractivity contribution is 0.686. The number of hydrogen-bond acceptors (Lipinski definition) is 5. The Morgan fingerprint density at radius 2 is 1.70 bits per heavy atom. The summed E-state index contributed by atoms with van der Waals surface area (Å²) >= 11 is 6.02. The number of benzene rings is 2. The molecule has 0 fully saturated rings. The summed E-state index contributed by atoms with van der Waals surface area (Å²) in [5.74, 6) is 0.604. The normalized spacial score (nSPS) is 10.6. The highest BCUT2D eigenvalue weighted by Crippen LogP contribution is 2.33. The Labute approximate surface area is 197 Å². The van der Waals surface area contributed by atoms with Crippen molar-refractivity contribution in [3.8, 4) is 28.3 Å². The highest BCUT2D eigenvalue weighted by Gasteiger charge is 2.17. The highest BCUT2D eigenvalue weighted by atomic mass is 35.5. The van der Waals surface area contributed by atoms with Gasteiger partial charge in [-0.25, -0.2) is 14.8 Å². The number of aromatic nitrogens is 8. The lowest BCUT2D eigenvalue weighted by Crippen LogP contribution is -2.03. The molecular weight excluding hydrogens is 436 g/mol. The van der Waals surface area contributed by atoms with E-state index in [0.717, 1.165) is 28.1 Å². The molecule has 0 radical (unpaired) electrons. The summed E-state index contributed by atoms with van der Waals surface area (Å²) in [6.07, 6.45) is 6.10. The van der Waals surface area contributed by atoms with Crippen molar-refractivity contribution in [1.29, 1.82) is 0 Å². The standard InChI is InChI=1S/C20H15ClN8.C4H10/c21-20-22-13-23-29(20)12-14-6-8-16(9-7-14)28-11-10-17(15-4-2-1-3-5-15)18(28)19-24-26-27-25-19;1-3-4-2/h1-11,13H,12H2,(H,24,25,26,27);3-4H2,1-2H3. The van der Waals surface area contributed by atoms with Gasteiger partial charge in [-0.05, 0) is 51.4 Å². The van der Waals surface area contributed by atoms with Gasteiger partial charge < -0.3 is 4.57 Å². The molecule has 0 spiro atoms. The van der Waals surface area contributed by atoms with Gasteiger partial charge in [-0.3, -0.25) is 0 Å². The van der Waals surface area contributed by atoms with Crippen LogP contribution in [0.25, 0.3) is 28.3 Å². The fourth-order valence-electron chi connectivity index (χ4n) is 3.29. The molecule has 0 aliphatic heterocycles. The van der Waals surface area contributed by atoms with Gasteiger partial charge in [0.2, 0.25) is 5.28 Å². The van der Waals surface area contributed by atoms with Crippen molar-refractivity contribution in [3.05, 3.63) is 84.0 Å². The third-order valence-electron chi connectivity index (χ3n) is 5.16. The van der Waals surface area contributed by atoms with Crippen LogP contribution in [0.5, 0.6) is 0 Å². The number of tetrazole rings is 1. The number of nitrogens with zero attached hydrogens (tertiary/aromatic N) is 7. The van der Waals surface area contributed by atoms with Crippen molar-refractivity contribution < 1.29 is 0 Å². The Kier molecular flexibility index (Phi) is 7.26. The van der Waals surface area contributed by atoms with Crippen LogP contribution in [-0.4, -0.2) is 40.0 Å². The van der Waals surface area contributed by atoms with Crippen molar-refractivity contribution in [3.63, 3.8) is 0 Å². The third kappa shape index (κ3) is 5.18. The second-order valence-corrected chi connectivity index (χ2v) is 7.76. The molecule has 0 unspecified atom stereocenters. The van der Waals surface area contributed by atoms with Gasteiger partial charge >= 0.3 is 0 Å². The van der Waals surface area contributed by atoms with Gasteiger partial charge in [0.25, 0.3) is 0 Å². The molecule has 0 saturated heterocycles.